The molecule has 1 aromatic rings. The molecule has 1 heterocycles. The van der Waals surface area contributed by atoms with E-state index >= 15 is 0 Å². The Kier molecular flexibility index (Phi) is 5.79. The van der Waals surface area contributed by atoms with Gasteiger partial charge in [0.2, 0.25) is 5.78 Å². The fraction of sp³-hybridized carbons (Fsp3) is 0.750. The van der Waals surface area contributed by atoms with Gasteiger partial charge < -0.3 is 9.47 Å². The molecule has 2 rings (SSSR count). The van der Waals surface area contributed by atoms with Gasteiger partial charge in [-0.1, -0.05) is 19.3 Å². The fourth-order valence-corrected chi connectivity index (χ4v) is 3.18. The highest BCUT2D eigenvalue weighted by Crippen LogP contribution is 2.31. The van der Waals surface area contributed by atoms with Crippen LogP contribution in [-0.2, 0) is 11.3 Å². The molecule has 1 aliphatic carbocycles. The van der Waals surface area contributed by atoms with E-state index in [-0.39, 0.29) is 11.9 Å². The molecule has 0 radical (unpaired) electrons. The molecule has 1 aliphatic rings. The third-order valence-corrected chi connectivity index (χ3v) is 4.24. The van der Waals surface area contributed by atoms with Crippen molar-refractivity contribution in [2.75, 3.05) is 13.7 Å². The van der Waals surface area contributed by atoms with Crippen LogP contribution < -0.4 is 4.74 Å². The van der Waals surface area contributed by atoms with Gasteiger partial charge in [-0.2, -0.15) is 5.10 Å². The van der Waals surface area contributed by atoms with Gasteiger partial charge in [-0.25, -0.2) is 0 Å². The van der Waals surface area contributed by atoms with Crippen LogP contribution in [0.3, 0.4) is 0 Å². The Morgan fingerprint density at radius 1 is 1.38 bits per heavy atom. The molecular formula is C16H26N2O3. The molecule has 0 amide bonds. The van der Waals surface area contributed by atoms with Crippen molar-refractivity contribution in [3.8, 4) is 5.75 Å². The first-order chi connectivity index (χ1) is 10.2. The molecule has 1 aromatic heterocycles. The average Bonchev–Trinajstić information content (AvgIpc) is 2.95. The smallest absolute Gasteiger partial charge is 0.213 e. The van der Waals surface area contributed by atoms with Crippen LogP contribution >= 0.6 is 0 Å². The number of ketones is 1. The van der Waals surface area contributed by atoms with E-state index in [0.29, 0.717) is 30.5 Å². The van der Waals surface area contributed by atoms with Crippen LogP contribution in [-0.4, -0.2) is 35.4 Å². The van der Waals surface area contributed by atoms with E-state index in [1.54, 1.807) is 18.0 Å². The molecule has 0 aromatic carbocycles. The number of methoxy groups -OCH3 is 1. The fourth-order valence-electron chi connectivity index (χ4n) is 3.18. The van der Waals surface area contributed by atoms with Crippen LogP contribution in [0, 0.1) is 5.92 Å². The number of nitrogens with zero attached hydrogens (tertiary/aromatic N) is 2. The number of ether oxygens (including phenoxy) is 2. The lowest BCUT2D eigenvalue weighted by Gasteiger charge is -2.29. The summed E-state index contributed by atoms with van der Waals surface area (Å²) in [5.41, 5.74) is 0.545. The van der Waals surface area contributed by atoms with Crippen molar-refractivity contribution >= 4 is 5.78 Å². The van der Waals surface area contributed by atoms with Gasteiger partial charge in [0.15, 0.2) is 5.75 Å². The first kappa shape index (κ1) is 16.0. The number of aromatic nitrogens is 2. The first-order valence-electron chi connectivity index (χ1n) is 7.98. The molecule has 0 saturated heterocycles. The molecule has 1 saturated carbocycles. The summed E-state index contributed by atoms with van der Waals surface area (Å²) in [7, 11) is 1.57. The van der Waals surface area contributed by atoms with Gasteiger partial charge in [0, 0.05) is 13.2 Å². The maximum absolute atomic E-state index is 13.0. The highest BCUT2D eigenvalue weighted by atomic mass is 16.5. The Labute approximate surface area is 126 Å². The lowest BCUT2D eigenvalue weighted by Crippen LogP contribution is -2.35. The number of hydrogen-bond acceptors (Lipinski definition) is 4. The summed E-state index contributed by atoms with van der Waals surface area (Å²) < 4.78 is 12.8. The molecule has 118 valence electrons. The minimum absolute atomic E-state index is 0.0138. The Balaban J connectivity index is 2.27. The average molecular weight is 294 g/mol. The van der Waals surface area contributed by atoms with Crippen LogP contribution in [0.25, 0.3) is 0 Å². The van der Waals surface area contributed by atoms with Gasteiger partial charge >= 0.3 is 0 Å². The number of Topliss-reactive ketones (excluding diaryl/α,β-unsaturated/α-hetero) is 1. The van der Waals surface area contributed by atoms with Crippen LogP contribution in [0.1, 0.15) is 56.4 Å². The summed E-state index contributed by atoms with van der Waals surface area (Å²) in [4.78, 5) is 13.0. The summed E-state index contributed by atoms with van der Waals surface area (Å²) in [6.07, 6.45) is 7.02. The zero-order valence-corrected chi connectivity index (χ0v) is 13.3. The van der Waals surface area contributed by atoms with Crippen molar-refractivity contribution in [3.63, 3.8) is 0 Å². The van der Waals surface area contributed by atoms with E-state index in [4.69, 9.17) is 9.47 Å². The van der Waals surface area contributed by atoms with Crippen LogP contribution in [0.4, 0.5) is 0 Å². The predicted molar refractivity (Wildman–Crippen MR) is 80.8 cm³/mol. The van der Waals surface area contributed by atoms with Crippen molar-refractivity contribution in [1.82, 2.24) is 9.78 Å². The second-order valence-corrected chi connectivity index (χ2v) is 5.52. The maximum Gasteiger partial charge on any atom is 0.213 e. The predicted octanol–water partition coefficient (Wildman–Crippen LogP) is 3.08. The first-order valence-corrected chi connectivity index (χ1v) is 7.98. The van der Waals surface area contributed by atoms with Gasteiger partial charge in [-0.05, 0) is 32.6 Å². The minimum atomic E-state index is -0.369. The topological polar surface area (TPSA) is 53.4 Å². The normalized spacial score (nSPS) is 17.7. The Morgan fingerprint density at radius 2 is 2.10 bits per heavy atom. The molecule has 0 bridgehead atoms. The largest absolute Gasteiger partial charge is 0.493 e. The monoisotopic (exact) mass is 294 g/mol. The molecular weight excluding hydrogens is 268 g/mol. The van der Waals surface area contributed by atoms with Crippen molar-refractivity contribution in [3.05, 3.63) is 11.9 Å². The van der Waals surface area contributed by atoms with E-state index in [2.05, 4.69) is 5.10 Å². The van der Waals surface area contributed by atoms with Crippen molar-refractivity contribution in [2.24, 2.45) is 5.92 Å². The lowest BCUT2D eigenvalue weighted by atomic mass is 9.83. The van der Waals surface area contributed by atoms with E-state index in [1.165, 1.54) is 19.3 Å². The third-order valence-electron chi connectivity index (χ3n) is 4.24. The SMILES string of the molecule is CCOC(C(=O)c1c(OC)cnn1CC)C1CCCCC1. The summed E-state index contributed by atoms with van der Waals surface area (Å²) in [5, 5.41) is 4.23. The van der Waals surface area contributed by atoms with Gasteiger partial charge in [0.1, 0.15) is 11.8 Å². The Hall–Kier alpha value is -1.36. The highest BCUT2D eigenvalue weighted by molar-refractivity contribution is 6.00. The molecule has 1 unspecified atom stereocenters. The summed E-state index contributed by atoms with van der Waals surface area (Å²) >= 11 is 0. The summed E-state index contributed by atoms with van der Waals surface area (Å²) in [6.45, 7) is 5.11. The quantitative estimate of drug-likeness (QED) is 0.725. The number of hydrogen-bond donors (Lipinski definition) is 0. The van der Waals surface area contributed by atoms with Gasteiger partial charge in [0.05, 0.1) is 13.3 Å². The second kappa shape index (κ2) is 7.59. The number of carbonyl (C=O) groups is 1. The molecule has 0 spiro atoms. The van der Waals surface area contributed by atoms with Crippen molar-refractivity contribution in [1.29, 1.82) is 0 Å². The number of aryl methyl sites for hydroxylation is 1. The van der Waals surface area contributed by atoms with Crippen LogP contribution in [0.15, 0.2) is 6.20 Å². The maximum atomic E-state index is 13.0. The Morgan fingerprint density at radius 3 is 2.67 bits per heavy atom. The molecule has 1 fully saturated rings. The van der Waals surface area contributed by atoms with Crippen molar-refractivity contribution < 1.29 is 14.3 Å². The van der Waals surface area contributed by atoms with E-state index < -0.39 is 0 Å². The van der Waals surface area contributed by atoms with E-state index in [0.717, 1.165) is 12.8 Å². The minimum Gasteiger partial charge on any atom is -0.493 e. The molecule has 5 nitrogen and oxygen atoms in total. The van der Waals surface area contributed by atoms with E-state index in [9.17, 15) is 4.79 Å². The second-order valence-electron chi connectivity index (χ2n) is 5.52. The number of rotatable bonds is 7. The lowest BCUT2D eigenvalue weighted by molar-refractivity contribution is 0.0117. The summed E-state index contributed by atoms with van der Waals surface area (Å²) in [6, 6.07) is 0. The zero-order valence-electron chi connectivity index (χ0n) is 13.3. The van der Waals surface area contributed by atoms with Crippen LogP contribution in [0.2, 0.25) is 0 Å². The van der Waals surface area contributed by atoms with E-state index in [1.807, 2.05) is 13.8 Å². The molecule has 1 atom stereocenters. The van der Waals surface area contributed by atoms with Crippen molar-refractivity contribution in [2.45, 2.75) is 58.6 Å². The third kappa shape index (κ3) is 3.46. The van der Waals surface area contributed by atoms with Gasteiger partial charge in [-0.15, -0.1) is 0 Å². The summed E-state index contributed by atoms with van der Waals surface area (Å²) in [5.74, 6) is 0.874. The Bertz CT molecular complexity index is 443. The number of carbonyl (C=O) groups excluding carboxylic acids is 1. The standard InChI is InChI=1S/C16H26N2O3/c1-4-18-14(13(20-3)11-17-18)15(19)16(21-5-2)12-9-7-6-8-10-12/h11-12,16H,4-10H2,1-3H3. The molecule has 0 aliphatic heterocycles. The molecule has 5 heteroatoms. The molecule has 21 heavy (non-hydrogen) atoms. The molecule has 0 N–H and O–H groups in total. The van der Waals surface area contributed by atoms with Crippen LogP contribution in [0.5, 0.6) is 5.75 Å². The van der Waals surface area contributed by atoms with Gasteiger partial charge in [-0.3, -0.25) is 9.48 Å². The highest BCUT2D eigenvalue weighted by Gasteiger charge is 2.34. The van der Waals surface area contributed by atoms with Gasteiger partial charge in [0.25, 0.3) is 0 Å². The zero-order chi connectivity index (χ0) is 15.2.